The Labute approximate surface area is 130 Å². The predicted octanol–water partition coefficient (Wildman–Crippen LogP) is 1.88. The summed E-state index contributed by atoms with van der Waals surface area (Å²) in [6.45, 7) is 5.17. The van der Waals surface area contributed by atoms with Gasteiger partial charge in [-0.05, 0) is 42.4 Å². The molecule has 1 amide bonds. The second-order valence-corrected chi connectivity index (χ2v) is 7.26. The summed E-state index contributed by atoms with van der Waals surface area (Å²) < 4.78 is 0. The van der Waals surface area contributed by atoms with Crippen molar-refractivity contribution in [1.82, 2.24) is 10.6 Å². The minimum absolute atomic E-state index is 0.0467. The lowest BCUT2D eigenvalue weighted by Crippen LogP contribution is -2.45. The van der Waals surface area contributed by atoms with E-state index in [1.165, 1.54) is 0 Å². The summed E-state index contributed by atoms with van der Waals surface area (Å²) in [5.74, 6) is -0.886. The van der Waals surface area contributed by atoms with Gasteiger partial charge in [-0.2, -0.15) is 0 Å². The third-order valence-corrected chi connectivity index (χ3v) is 4.70. The largest absolute Gasteiger partial charge is 0.478 e. The molecular weight excluding hydrogens is 280 g/mol. The molecule has 3 rings (SSSR count). The van der Waals surface area contributed by atoms with Gasteiger partial charge in [-0.15, -0.1) is 0 Å². The van der Waals surface area contributed by atoms with Crippen LogP contribution >= 0.6 is 0 Å². The monoisotopic (exact) mass is 302 g/mol. The number of benzene rings is 1. The Bertz CT molecular complexity index is 603. The molecule has 1 heterocycles. The predicted molar refractivity (Wildman–Crippen MR) is 82.6 cm³/mol. The average Bonchev–Trinajstić information content (AvgIpc) is 3.15. The van der Waals surface area contributed by atoms with Gasteiger partial charge < -0.3 is 15.7 Å². The van der Waals surface area contributed by atoms with Crippen LogP contribution in [0, 0.1) is 5.41 Å². The van der Waals surface area contributed by atoms with Crippen LogP contribution < -0.4 is 10.6 Å². The van der Waals surface area contributed by atoms with Crippen molar-refractivity contribution < 1.29 is 14.7 Å². The minimum atomic E-state index is -0.933. The van der Waals surface area contributed by atoms with Crippen LogP contribution in [0.5, 0.6) is 0 Å². The summed E-state index contributed by atoms with van der Waals surface area (Å²) in [4.78, 5) is 23.4. The molecule has 1 aliphatic heterocycles. The van der Waals surface area contributed by atoms with Crippen molar-refractivity contribution in [3.8, 4) is 0 Å². The summed E-state index contributed by atoms with van der Waals surface area (Å²) >= 11 is 0. The van der Waals surface area contributed by atoms with Crippen molar-refractivity contribution in [2.24, 2.45) is 5.41 Å². The van der Waals surface area contributed by atoms with Gasteiger partial charge >= 0.3 is 5.97 Å². The SMILES string of the molecule is CC1(C)CNC(C(=O)NC2(c3ccc(C(=O)O)cc3)CC2)C1. The van der Waals surface area contributed by atoms with Crippen molar-refractivity contribution in [3.63, 3.8) is 0 Å². The summed E-state index contributed by atoms with van der Waals surface area (Å²) in [7, 11) is 0. The molecule has 1 saturated carbocycles. The maximum Gasteiger partial charge on any atom is 0.335 e. The number of carboxylic acids is 1. The Morgan fingerprint density at radius 1 is 1.23 bits per heavy atom. The molecule has 0 bridgehead atoms. The van der Waals surface area contributed by atoms with Gasteiger partial charge in [-0.1, -0.05) is 26.0 Å². The Kier molecular flexibility index (Phi) is 3.48. The molecule has 0 spiro atoms. The first-order valence-electron chi connectivity index (χ1n) is 7.71. The van der Waals surface area contributed by atoms with Crippen LogP contribution in [0.25, 0.3) is 0 Å². The molecule has 1 aromatic carbocycles. The Balaban J connectivity index is 1.69. The van der Waals surface area contributed by atoms with Crippen molar-refractivity contribution in [3.05, 3.63) is 35.4 Å². The highest BCUT2D eigenvalue weighted by atomic mass is 16.4. The molecule has 2 fully saturated rings. The van der Waals surface area contributed by atoms with E-state index >= 15 is 0 Å². The summed E-state index contributed by atoms with van der Waals surface area (Å²) in [5.41, 5.74) is 1.11. The molecule has 3 N–H and O–H groups in total. The second kappa shape index (κ2) is 5.09. The standard InChI is InChI=1S/C17H22N2O3/c1-16(2)9-13(18-10-16)14(20)19-17(7-8-17)12-5-3-11(4-6-12)15(21)22/h3-6,13,18H,7-10H2,1-2H3,(H,19,20)(H,21,22). The molecule has 0 radical (unpaired) electrons. The van der Waals surface area contributed by atoms with Gasteiger partial charge in [0.05, 0.1) is 17.1 Å². The molecule has 0 aromatic heterocycles. The van der Waals surface area contributed by atoms with E-state index in [9.17, 15) is 9.59 Å². The Morgan fingerprint density at radius 2 is 1.86 bits per heavy atom. The Morgan fingerprint density at radius 3 is 2.32 bits per heavy atom. The van der Waals surface area contributed by atoms with Gasteiger partial charge in [0.1, 0.15) is 0 Å². The lowest BCUT2D eigenvalue weighted by Gasteiger charge is -2.21. The number of aromatic carboxylic acids is 1. The van der Waals surface area contributed by atoms with E-state index in [0.29, 0.717) is 0 Å². The van der Waals surface area contributed by atoms with E-state index in [4.69, 9.17) is 5.11 Å². The first-order chi connectivity index (χ1) is 10.3. The van der Waals surface area contributed by atoms with Crippen molar-refractivity contribution in [2.75, 3.05) is 6.54 Å². The number of hydrogen-bond acceptors (Lipinski definition) is 3. The fourth-order valence-electron chi connectivity index (χ4n) is 3.15. The first kappa shape index (κ1) is 15.0. The van der Waals surface area contributed by atoms with Crippen LogP contribution in [0.3, 0.4) is 0 Å². The van der Waals surface area contributed by atoms with Crippen LogP contribution in [0.1, 0.15) is 49.0 Å². The molecule has 1 unspecified atom stereocenters. The van der Waals surface area contributed by atoms with Gasteiger partial charge in [0.2, 0.25) is 5.91 Å². The molecular formula is C17H22N2O3. The van der Waals surface area contributed by atoms with E-state index in [2.05, 4.69) is 24.5 Å². The maximum atomic E-state index is 12.5. The average molecular weight is 302 g/mol. The third kappa shape index (κ3) is 2.86. The molecule has 5 nitrogen and oxygen atoms in total. The van der Waals surface area contributed by atoms with Gasteiger partial charge in [0.25, 0.3) is 0 Å². The van der Waals surface area contributed by atoms with Gasteiger partial charge in [0.15, 0.2) is 0 Å². The van der Waals surface area contributed by atoms with Crippen LogP contribution in [0.4, 0.5) is 0 Å². The summed E-state index contributed by atoms with van der Waals surface area (Å²) in [6.07, 6.45) is 2.65. The number of carbonyl (C=O) groups excluding carboxylic acids is 1. The van der Waals surface area contributed by atoms with E-state index in [1.807, 2.05) is 12.1 Å². The number of carboxylic acid groups (broad SMARTS) is 1. The van der Waals surface area contributed by atoms with E-state index in [-0.39, 0.29) is 28.5 Å². The molecule has 1 aromatic rings. The van der Waals surface area contributed by atoms with E-state index in [0.717, 1.165) is 31.4 Å². The van der Waals surface area contributed by atoms with Crippen molar-refractivity contribution >= 4 is 11.9 Å². The van der Waals surface area contributed by atoms with Crippen LogP contribution in [-0.2, 0) is 10.3 Å². The summed E-state index contributed by atoms with van der Waals surface area (Å²) in [5, 5.41) is 15.4. The molecule has 118 valence electrons. The highest BCUT2D eigenvalue weighted by molar-refractivity contribution is 5.87. The Hall–Kier alpha value is -1.88. The maximum absolute atomic E-state index is 12.5. The van der Waals surface area contributed by atoms with Crippen molar-refractivity contribution in [1.29, 1.82) is 0 Å². The zero-order valence-electron chi connectivity index (χ0n) is 13.0. The lowest BCUT2D eigenvalue weighted by molar-refractivity contribution is -0.124. The molecule has 5 heteroatoms. The zero-order valence-corrected chi connectivity index (χ0v) is 13.0. The number of amides is 1. The topological polar surface area (TPSA) is 78.4 Å². The van der Waals surface area contributed by atoms with Crippen LogP contribution in [0.2, 0.25) is 0 Å². The van der Waals surface area contributed by atoms with Gasteiger partial charge in [-0.25, -0.2) is 4.79 Å². The molecule has 1 atom stereocenters. The van der Waals surface area contributed by atoms with Crippen molar-refractivity contribution in [2.45, 2.75) is 44.7 Å². The smallest absolute Gasteiger partial charge is 0.335 e. The second-order valence-electron chi connectivity index (χ2n) is 7.26. The molecule has 2 aliphatic rings. The summed E-state index contributed by atoms with van der Waals surface area (Å²) in [6, 6.07) is 6.68. The third-order valence-electron chi connectivity index (χ3n) is 4.70. The zero-order chi connectivity index (χ0) is 16.0. The van der Waals surface area contributed by atoms with E-state index < -0.39 is 5.97 Å². The quantitative estimate of drug-likeness (QED) is 0.793. The van der Waals surface area contributed by atoms with Gasteiger partial charge in [0, 0.05) is 6.54 Å². The molecule has 22 heavy (non-hydrogen) atoms. The first-order valence-corrected chi connectivity index (χ1v) is 7.71. The van der Waals surface area contributed by atoms with Crippen LogP contribution in [-0.4, -0.2) is 29.6 Å². The number of carbonyl (C=O) groups is 2. The highest BCUT2D eigenvalue weighted by Gasteiger charge is 2.47. The highest BCUT2D eigenvalue weighted by Crippen LogP contribution is 2.45. The normalized spacial score (nSPS) is 24.7. The van der Waals surface area contributed by atoms with E-state index in [1.54, 1.807) is 12.1 Å². The minimum Gasteiger partial charge on any atom is -0.478 e. The van der Waals surface area contributed by atoms with Gasteiger partial charge in [-0.3, -0.25) is 4.79 Å². The number of nitrogens with one attached hydrogen (secondary N) is 2. The molecule has 1 saturated heterocycles. The lowest BCUT2D eigenvalue weighted by atomic mass is 9.90. The number of rotatable bonds is 4. The van der Waals surface area contributed by atoms with Crippen LogP contribution in [0.15, 0.2) is 24.3 Å². The molecule has 1 aliphatic carbocycles. The fraction of sp³-hybridized carbons (Fsp3) is 0.529. The number of hydrogen-bond donors (Lipinski definition) is 3. The fourth-order valence-corrected chi connectivity index (χ4v) is 3.15.